The third-order valence-electron chi connectivity index (χ3n) is 8.11. The number of hydrogen-bond donors (Lipinski definition) is 2. The lowest BCUT2D eigenvalue weighted by Gasteiger charge is -2.40. The maximum absolute atomic E-state index is 12.8. The van der Waals surface area contributed by atoms with Crippen LogP contribution in [0.2, 0.25) is 0 Å². The van der Waals surface area contributed by atoms with Crippen molar-refractivity contribution in [3.63, 3.8) is 0 Å². The highest BCUT2D eigenvalue weighted by Crippen LogP contribution is 2.52. The number of likely N-dealkylation sites (tertiary alicyclic amines) is 1. The third kappa shape index (κ3) is 4.40. The summed E-state index contributed by atoms with van der Waals surface area (Å²) in [5.74, 6) is -1.38. The van der Waals surface area contributed by atoms with Crippen molar-refractivity contribution in [2.75, 3.05) is 26.2 Å². The lowest BCUT2D eigenvalue weighted by Crippen LogP contribution is -2.41. The molecule has 2 aromatic carbocycles. The van der Waals surface area contributed by atoms with Crippen molar-refractivity contribution in [1.82, 2.24) is 10.2 Å². The average molecular weight is 477 g/mol. The van der Waals surface area contributed by atoms with Gasteiger partial charge in [0.05, 0.1) is 5.92 Å². The first kappa shape index (κ1) is 23.4. The Morgan fingerprint density at radius 3 is 2.26 bits per heavy atom. The summed E-state index contributed by atoms with van der Waals surface area (Å²) in [7, 11) is 0. The van der Waals surface area contributed by atoms with E-state index >= 15 is 0 Å². The van der Waals surface area contributed by atoms with E-state index in [1.54, 1.807) is 4.90 Å². The van der Waals surface area contributed by atoms with Gasteiger partial charge in [-0.15, -0.1) is 0 Å². The second-order valence-corrected chi connectivity index (χ2v) is 10.4. The Morgan fingerprint density at radius 2 is 1.71 bits per heavy atom. The molecule has 2 N–H and O–H groups in total. The highest BCUT2D eigenvalue weighted by molar-refractivity contribution is 5.80. The van der Waals surface area contributed by atoms with Gasteiger partial charge in [0.1, 0.15) is 6.61 Å². The van der Waals surface area contributed by atoms with Crippen LogP contribution in [0.1, 0.15) is 49.7 Å². The number of nitrogens with zero attached hydrogens (tertiary/aromatic N) is 1. The summed E-state index contributed by atoms with van der Waals surface area (Å²) < 4.78 is 5.57. The van der Waals surface area contributed by atoms with Crippen LogP contribution in [0.15, 0.2) is 48.5 Å². The molecule has 1 heterocycles. The van der Waals surface area contributed by atoms with E-state index in [0.29, 0.717) is 19.6 Å². The van der Waals surface area contributed by atoms with E-state index < -0.39 is 18.0 Å². The minimum absolute atomic E-state index is 0.00308. The monoisotopic (exact) mass is 476 g/mol. The lowest BCUT2D eigenvalue weighted by molar-refractivity contribution is -0.146. The molecule has 2 aromatic rings. The smallest absolute Gasteiger partial charge is 0.407 e. The van der Waals surface area contributed by atoms with E-state index in [1.807, 2.05) is 31.2 Å². The number of ether oxygens (including phenoxy) is 1. The van der Waals surface area contributed by atoms with Crippen molar-refractivity contribution in [2.24, 2.45) is 17.3 Å². The largest absolute Gasteiger partial charge is 0.481 e. The summed E-state index contributed by atoms with van der Waals surface area (Å²) in [5, 5.41) is 12.4. The molecule has 2 atom stereocenters. The number of benzene rings is 2. The molecule has 5 rings (SSSR count). The van der Waals surface area contributed by atoms with Gasteiger partial charge in [0.2, 0.25) is 5.91 Å². The number of carbonyl (C=O) groups is 3. The number of aliphatic carboxylic acids is 1. The van der Waals surface area contributed by atoms with Crippen molar-refractivity contribution in [3.8, 4) is 11.1 Å². The fourth-order valence-corrected chi connectivity index (χ4v) is 6.04. The second kappa shape index (κ2) is 9.36. The Kier molecular flexibility index (Phi) is 6.26. The average Bonchev–Trinajstić information content (AvgIpc) is 3.39. The zero-order valence-corrected chi connectivity index (χ0v) is 20.0. The molecule has 1 aliphatic heterocycles. The first-order valence-electron chi connectivity index (χ1n) is 12.5. The van der Waals surface area contributed by atoms with E-state index in [2.05, 4.69) is 29.6 Å². The van der Waals surface area contributed by atoms with Crippen LogP contribution in [0.25, 0.3) is 11.1 Å². The topological polar surface area (TPSA) is 95.9 Å². The van der Waals surface area contributed by atoms with Gasteiger partial charge in [0.15, 0.2) is 0 Å². The van der Waals surface area contributed by atoms with Gasteiger partial charge in [-0.25, -0.2) is 4.79 Å². The number of carboxylic acids is 1. The maximum atomic E-state index is 12.8. The van der Waals surface area contributed by atoms with Crippen LogP contribution in [0.4, 0.5) is 4.79 Å². The van der Waals surface area contributed by atoms with Crippen LogP contribution in [-0.2, 0) is 14.3 Å². The molecule has 184 valence electrons. The number of hydrogen-bond acceptors (Lipinski definition) is 4. The number of carboxylic acid groups (broad SMARTS) is 1. The second-order valence-electron chi connectivity index (χ2n) is 10.4. The van der Waals surface area contributed by atoms with Crippen LogP contribution in [0, 0.1) is 17.3 Å². The van der Waals surface area contributed by atoms with Crippen LogP contribution in [0.5, 0.6) is 0 Å². The highest BCUT2D eigenvalue weighted by atomic mass is 16.5. The van der Waals surface area contributed by atoms with Gasteiger partial charge in [0.25, 0.3) is 0 Å². The summed E-state index contributed by atoms with van der Waals surface area (Å²) in [5.41, 5.74) is 4.45. The van der Waals surface area contributed by atoms with E-state index in [0.717, 1.165) is 30.4 Å². The summed E-state index contributed by atoms with van der Waals surface area (Å²) in [6, 6.07) is 16.4. The molecule has 2 fully saturated rings. The fraction of sp³-hybridized carbons (Fsp3) is 0.464. The van der Waals surface area contributed by atoms with Gasteiger partial charge >= 0.3 is 12.1 Å². The molecular weight excluding hydrogens is 444 g/mol. The molecule has 7 heteroatoms. The van der Waals surface area contributed by atoms with Crippen LogP contribution >= 0.6 is 0 Å². The maximum Gasteiger partial charge on any atom is 0.407 e. The first-order valence-corrected chi connectivity index (χ1v) is 12.5. The Hall–Kier alpha value is -3.35. The predicted molar refractivity (Wildman–Crippen MR) is 131 cm³/mol. The molecule has 0 bridgehead atoms. The molecule has 1 saturated heterocycles. The van der Waals surface area contributed by atoms with Crippen molar-refractivity contribution in [2.45, 2.75) is 38.5 Å². The van der Waals surface area contributed by atoms with Gasteiger partial charge in [-0.05, 0) is 41.0 Å². The zero-order chi connectivity index (χ0) is 24.6. The molecule has 0 radical (unpaired) electrons. The molecule has 3 aliphatic rings. The van der Waals surface area contributed by atoms with Crippen molar-refractivity contribution < 1.29 is 24.2 Å². The minimum Gasteiger partial charge on any atom is -0.481 e. The van der Waals surface area contributed by atoms with Crippen LogP contribution in [0.3, 0.4) is 0 Å². The van der Waals surface area contributed by atoms with Gasteiger partial charge in [0, 0.05) is 37.4 Å². The summed E-state index contributed by atoms with van der Waals surface area (Å²) in [6.07, 6.45) is 2.57. The molecule has 2 amide bonds. The predicted octanol–water partition coefficient (Wildman–Crippen LogP) is 4.26. The number of carbonyl (C=O) groups excluding carboxylic acids is 2. The van der Waals surface area contributed by atoms with Crippen molar-refractivity contribution in [1.29, 1.82) is 0 Å². The van der Waals surface area contributed by atoms with Gasteiger partial charge < -0.3 is 20.1 Å². The van der Waals surface area contributed by atoms with Gasteiger partial charge in [-0.2, -0.15) is 0 Å². The lowest BCUT2D eigenvalue weighted by atomic mass is 9.63. The highest BCUT2D eigenvalue weighted by Gasteiger charge is 2.54. The number of amides is 2. The van der Waals surface area contributed by atoms with E-state index in [9.17, 15) is 19.5 Å². The summed E-state index contributed by atoms with van der Waals surface area (Å²) >= 11 is 0. The van der Waals surface area contributed by atoms with Crippen molar-refractivity contribution in [3.05, 3.63) is 59.7 Å². The molecule has 2 aliphatic carbocycles. The zero-order valence-electron chi connectivity index (χ0n) is 20.0. The summed E-state index contributed by atoms with van der Waals surface area (Å²) in [6.45, 7) is 3.31. The van der Waals surface area contributed by atoms with E-state index in [-0.39, 0.29) is 36.2 Å². The Balaban J connectivity index is 1.10. The van der Waals surface area contributed by atoms with E-state index in [4.69, 9.17) is 4.74 Å². The number of rotatable bonds is 7. The molecule has 2 unspecified atom stereocenters. The molecule has 35 heavy (non-hydrogen) atoms. The first-order chi connectivity index (χ1) is 16.9. The minimum atomic E-state index is -0.801. The Bertz CT molecular complexity index is 1100. The normalized spacial score (nSPS) is 20.6. The van der Waals surface area contributed by atoms with Gasteiger partial charge in [-0.3, -0.25) is 9.59 Å². The third-order valence-corrected chi connectivity index (χ3v) is 8.11. The number of alkyl carbamates (subject to hydrolysis) is 1. The van der Waals surface area contributed by atoms with Gasteiger partial charge in [-0.1, -0.05) is 61.9 Å². The van der Waals surface area contributed by atoms with Crippen LogP contribution < -0.4 is 5.32 Å². The number of fused-ring (bicyclic) bond motifs is 3. The molecule has 1 saturated carbocycles. The number of nitrogens with one attached hydrogen (secondary N) is 1. The molecule has 1 spiro atoms. The molecular formula is C28H32N2O5. The summed E-state index contributed by atoms with van der Waals surface area (Å²) in [4.78, 5) is 38.6. The molecule has 0 aromatic heterocycles. The fourth-order valence-electron chi connectivity index (χ4n) is 6.04. The Labute approximate surface area is 205 Å². The molecule has 7 nitrogen and oxygen atoms in total. The standard InChI is InChI=1S/C28H32N2O5/c1-18(13-25(31)30-15-24(26(32)33)28(17-30)11-6-12-28)14-29-27(34)35-16-23-21-9-4-2-7-19(21)20-8-3-5-10-22(20)23/h2-5,7-10,18,23-24H,6,11-17H2,1H3,(H,29,34)(H,32,33). The van der Waals surface area contributed by atoms with Crippen LogP contribution in [-0.4, -0.2) is 54.2 Å². The van der Waals surface area contributed by atoms with E-state index in [1.165, 1.54) is 11.1 Å². The quantitative estimate of drug-likeness (QED) is 0.622. The van der Waals surface area contributed by atoms with Crippen molar-refractivity contribution >= 4 is 18.0 Å². The Morgan fingerprint density at radius 1 is 1.09 bits per heavy atom. The SMILES string of the molecule is CC(CNC(=O)OCC1c2ccccc2-c2ccccc21)CC(=O)N1CC(C(=O)O)C2(CCC2)C1.